The molecule has 0 fully saturated rings. The molecule has 0 aliphatic heterocycles. The lowest BCUT2D eigenvalue weighted by molar-refractivity contribution is 0.386. The lowest BCUT2D eigenvalue weighted by Gasteiger charge is -2.10. The summed E-state index contributed by atoms with van der Waals surface area (Å²) in [6.45, 7) is 3.88. The van der Waals surface area contributed by atoms with Crippen molar-refractivity contribution in [2.45, 2.75) is 19.9 Å². The molecule has 3 aromatic heterocycles. The minimum Gasteiger partial charge on any atom is -0.481 e. The van der Waals surface area contributed by atoms with Crippen molar-refractivity contribution in [3.8, 4) is 28.4 Å². The lowest BCUT2D eigenvalue weighted by atomic mass is 10.0. The molecule has 6 heteroatoms. The summed E-state index contributed by atoms with van der Waals surface area (Å²) >= 11 is 0. The Morgan fingerprint density at radius 3 is 2.41 bits per heavy atom. The molecule has 136 valence electrons. The monoisotopic (exact) mass is 360 g/mol. The molecule has 0 aliphatic rings. The first-order valence-electron chi connectivity index (χ1n) is 8.81. The second kappa shape index (κ2) is 6.72. The zero-order valence-electron chi connectivity index (χ0n) is 15.5. The summed E-state index contributed by atoms with van der Waals surface area (Å²) in [4.78, 5) is 12.2. The number of fused-ring (bicyclic) bond motifs is 1. The van der Waals surface area contributed by atoms with E-state index in [1.54, 1.807) is 23.8 Å². The molecule has 0 amide bonds. The van der Waals surface area contributed by atoms with Crippen LogP contribution in [0.3, 0.4) is 0 Å². The van der Waals surface area contributed by atoms with Gasteiger partial charge in [-0.3, -0.25) is 4.79 Å². The highest BCUT2D eigenvalue weighted by Crippen LogP contribution is 2.35. The van der Waals surface area contributed by atoms with Gasteiger partial charge in [-0.25, -0.2) is 4.68 Å². The molecule has 3 heterocycles. The number of pyridine rings is 1. The van der Waals surface area contributed by atoms with Crippen LogP contribution in [-0.4, -0.2) is 26.5 Å². The number of hydrogen-bond donors (Lipinski definition) is 0. The number of benzene rings is 1. The van der Waals surface area contributed by atoms with E-state index in [-0.39, 0.29) is 11.6 Å². The van der Waals surface area contributed by atoms with Gasteiger partial charge in [0.1, 0.15) is 5.69 Å². The first kappa shape index (κ1) is 17.0. The Kier molecular flexibility index (Phi) is 4.24. The maximum absolute atomic E-state index is 12.2. The summed E-state index contributed by atoms with van der Waals surface area (Å²) in [6, 6.07) is 19.0. The van der Waals surface area contributed by atoms with Crippen LogP contribution in [0.2, 0.25) is 0 Å². The number of hydrogen-bond acceptors (Lipinski definition) is 4. The third kappa shape index (κ3) is 2.89. The van der Waals surface area contributed by atoms with E-state index in [2.05, 4.69) is 5.10 Å². The van der Waals surface area contributed by atoms with Crippen molar-refractivity contribution in [1.29, 1.82) is 0 Å². The van der Waals surface area contributed by atoms with E-state index < -0.39 is 0 Å². The lowest BCUT2D eigenvalue weighted by Crippen LogP contribution is -2.23. The molecule has 0 atom stereocenters. The van der Waals surface area contributed by atoms with Crippen molar-refractivity contribution in [3.63, 3.8) is 0 Å². The Bertz CT molecular complexity index is 1160. The van der Waals surface area contributed by atoms with Crippen LogP contribution in [0, 0.1) is 0 Å². The normalized spacial score (nSPS) is 11.3. The van der Waals surface area contributed by atoms with Crippen molar-refractivity contribution in [3.05, 3.63) is 71.0 Å². The molecular formula is C21H20N4O2. The topological polar surface area (TPSA) is 61.4 Å². The molecule has 1 aromatic carbocycles. The van der Waals surface area contributed by atoms with Crippen LogP contribution in [0.4, 0.5) is 0 Å². The van der Waals surface area contributed by atoms with Gasteiger partial charge in [0.25, 0.3) is 5.56 Å². The Morgan fingerprint density at radius 1 is 0.926 bits per heavy atom. The Labute approximate surface area is 156 Å². The van der Waals surface area contributed by atoms with E-state index in [0.717, 1.165) is 22.3 Å². The number of aromatic nitrogens is 4. The molecule has 0 saturated heterocycles. The van der Waals surface area contributed by atoms with Gasteiger partial charge in [-0.05, 0) is 26.0 Å². The van der Waals surface area contributed by atoms with Gasteiger partial charge >= 0.3 is 0 Å². The maximum atomic E-state index is 12.2. The van der Waals surface area contributed by atoms with Crippen molar-refractivity contribution < 1.29 is 4.74 Å². The van der Waals surface area contributed by atoms with E-state index in [1.807, 2.05) is 62.4 Å². The standard InChI is InChI=1S/C21H20N4O2/c1-14(2)24-18(26)13-12-16(22-24)20-17-10-7-11-19(27-3)25(17)23-21(20)15-8-5-4-6-9-15/h4-14H,1-3H3. The molecule has 4 aromatic rings. The SMILES string of the molecule is COc1cccc2c(-c3ccc(=O)n(C(C)C)n3)c(-c3ccccc3)nn12. The summed E-state index contributed by atoms with van der Waals surface area (Å²) in [7, 11) is 1.62. The van der Waals surface area contributed by atoms with Crippen molar-refractivity contribution in [2.75, 3.05) is 7.11 Å². The smallest absolute Gasteiger partial charge is 0.267 e. The molecule has 0 unspecified atom stereocenters. The Balaban J connectivity index is 2.07. The molecule has 6 nitrogen and oxygen atoms in total. The summed E-state index contributed by atoms with van der Waals surface area (Å²) in [6.07, 6.45) is 0. The maximum Gasteiger partial charge on any atom is 0.267 e. The molecule has 0 spiro atoms. The average molecular weight is 360 g/mol. The Morgan fingerprint density at radius 2 is 1.70 bits per heavy atom. The fourth-order valence-electron chi connectivity index (χ4n) is 3.18. The van der Waals surface area contributed by atoms with E-state index in [9.17, 15) is 4.79 Å². The van der Waals surface area contributed by atoms with Gasteiger partial charge in [0, 0.05) is 17.7 Å². The summed E-state index contributed by atoms with van der Waals surface area (Å²) in [5, 5.41) is 9.41. The number of ether oxygens (including phenoxy) is 1. The van der Waals surface area contributed by atoms with Crippen molar-refractivity contribution in [2.24, 2.45) is 0 Å². The third-order valence-electron chi connectivity index (χ3n) is 4.45. The van der Waals surface area contributed by atoms with Crippen molar-refractivity contribution in [1.82, 2.24) is 19.4 Å². The van der Waals surface area contributed by atoms with E-state index >= 15 is 0 Å². The van der Waals surface area contributed by atoms with Crippen LogP contribution in [0.15, 0.2) is 65.5 Å². The van der Waals surface area contributed by atoms with Crippen LogP contribution >= 0.6 is 0 Å². The van der Waals surface area contributed by atoms with Gasteiger partial charge in [-0.1, -0.05) is 36.4 Å². The molecule has 0 saturated carbocycles. The van der Waals surface area contributed by atoms with Crippen LogP contribution in [0.25, 0.3) is 28.0 Å². The molecule has 0 N–H and O–H groups in total. The molecule has 0 radical (unpaired) electrons. The zero-order chi connectivity index (χ0) is 19.0. The number of rotatable bonds is 4. The highest BCUT2D eigenvalue weighted by molar-refractivity contribution is 5.90. The predicted octanol–water partition coefficient (Wildman–Crippen LogP) is 3.81. The van der Waals surface area contributed by atoms with Gasteiger partial charge in [0.05, 0.1) is 29.9 Å². The largest absolute Gasteiger partial charge is 0.481 e. The minimum absolute atomic E-state index is 0.0333. The number of methoxy groups -OCH3 is 1. The quantitative estimate of drug-likeness (QED) is 0.555. The van der Waals surface area contributed by atoms with Crippen LogP contribution < -0.4 is 10.3 Å². The second-order valence-electron chi connectivity index (χ2n) is 6.55. The predicted molar refractivity (Wildman–Crippen MR) is 105 cm³/mol. The third-order valence-corrected chi connectivity index (χ3v) is 4.45. The van der Waals surface area contributed by atoms with Crippen LogP contribution in [0.5, 0.6) is 5.88 Å². The first-order chi connectivity index (χ1) is 13.1. The first-order valence-corrected chi connectivity index (χ1v) is 8.81. The molecule has 4 rings (SSSR count). The second-order valence-corrected chi connectivity index (χ2v) is 6.55. The fourth-order valence-corrected chi connectivity index (χ4v) is 3.18. The number of nitrogens with zero attached hydrogens (tertiary/aromatic N) is 4. The van der Waals surface area contributed by atoms with Gasteiger partial charge in [0.2, 0.25) is 5.88 Å². The highest BCUT2D eigenvalue weighted by atomic mass is 16.5. The van der Waals surface area contributed by atoms with Crippen LogP contribution in [0.1, 0.15) is 19.9 Å². The van der Waals surface area contributed by atoms with Gasteiger partial charge in [-0.15, -0.1) is 0 Å². The summed E-state index contributed by atoms with van der Waals surface area (Å²) in [5.41, 5.74) is 4.09. The van der Waals surface area contributed by atoms with Gasteiger partial charge < -0.3 is 4.74 Å². The highest BCUT2D eigenvalue weighted by Gasteiger charge is 2.20. The Hall–Kier alpha value is -3.41. The van der Waals surface area contributed by atoms with Gasteiger partial charge in [-0.2, -0.15) is 14.7 Å². The molecular weight excluding hydrogens is 340 g/mol. The van der Waals surface area contributed by atoms with Crippen LogP contribution in [-0.2, 0) is 0 Å². The molecule has 0 bridgehead atoms. The van der Waals surface area contributed by atoms with E-state index in [0.29, 0.717) is 11.6 Å². The van der Waals surface area contributed by atoms with Gasteiger partial charge in [0.15, 0.2) is 0 Å². The van der Waals surface area contributed by atoms with E-state index in [4.69, 9.17) is 9.84 Å². The molecule has 27 heavy (non-hydrogen) atoms. The minimum atomic E-state index is -0.121. The fraction of sp³-hybridized carbons (Fsp3) is 0.190. The van der Waals surface area contributed by atoms with Crippen molar-refractivity contribution >= 4 is 5.52 Å². The summed E-state index contributed by atoms with van der Waals surface area (Å²) < 4.78 is 8.74. The van der Waals surface area contributed by atoms with E-state index in [1.165, 1.54) is 4.68 Å². The average Bonchev–Trinajstić information content (AvgIpc) is 3.08. The summed E-state index contributed by atoms with van der Waals surface area (Å²) in [5.74, 6) is 0.633. The molecule has 0 aliphatic carbocycles. The zero-order valence-corrected chi connectivity index (χ0v) is 15.5.